The van der Waals surface area contributed by atoms with Crippen LogP contribution in [0.15, 0.2) is 11.6 Å². The van der Waals surface area contributed by atoms with Crippen molar-refractivity contribution in [1.82, 2.24) is 14.8 Å². The molecule has 0 radical (unpaired) electrons. The molecular formula is C17H27N3OS. The normalized spacial score (nSPS) is 27.0. The second-order valence-electron chi connectivity index (χ2n) is 6.54. The maximum atomic E-state index is 13.0. The minimum Gasteiger partial charge on any atom is -0.341 e. The second-order valence-corrected chi connectivity index (χ2v) is 7.47. The number of aromatic nitrogens is 1. The molecule has 0 aliphatic carbocycles. The van der Waals surface area contributed by atoms with Gasteiger partial charge < -0.3 is 4.90 Å². The lowest BCUT2D eigenvalue weighted by atomic mass is 9.95. The molecule has 3 rings (SSSR count). The molecular weight excluding hydrogens is 294 g/mol. The Morgan fingerprint density at radius 2 is 2.23 bits per heavy atom. The van der Waals surface area contributed by atoms with E-state index in [9.17, 15) is 4.79 Å². The zero-order chi connectivity index (χ0) is 15.4. The summed E-state index contributed by atoms with van der Waals surface area (Å²) in [7, 11) is 0. The molecule has 2 aliphatic rings. The van der Waals surface area contributed by atoms with Gasteiger partial charge in [0.1, 0.15) is 0 Å². The number of amides is 1. The fraction of sp³-hybridized carbons (Fsp3) is 0.765. The van der Waals surface area contributed by atoms with Gasteiger partial charge in [0.15, 0.2) is 0 Å². The van der Waals surface area contributed by atoms with Crippen molar-refractivity contribution in [3.05, 3.63) is 16.6 Å². The fourth-order valence-corrected chi connectivity index (χ4v) is 4.62. The van der Waals surface area contributed by atoms with Crippen molar-refractivity contribution < 1.29 is 4.79 Å². The lowest BCUT2D eigenvalue weighted by molar-refractivity contribution is -0.139. The summed E-state index contributed by atoms with van der Waals surface area (Å²) in [6.45, 7) is 6.14. The van der Waals surface area contributed by atoms with E-state index in [1.807, 2.05) is 11.6 Å². The van der Waals surface area contributed by atoms with Crippen LogP contribution in [0.25, 0.3) is 0 Å². The summed E-state index contributed by atoms with van der Waals surface area (Å²) in [5, 5.41) is 3.24. The zero-order valence-electron chi connectivity index (χ0n) is 13.5. The Kier molecular flexibility index (Phi) is 5.47. The minimum absolute atomic E-state index is 0.128. The highest BCUT2D eigenvalue weighted by atomic mass is 32.1. The van der Waals surface area contributed by atoms with Crippen molar-refractivity contribution in [2.24, 2.45) is 0 Å². The highest BCUT2D eigenvalue weighted by Crippen LogP contribution is 2.29. The van der Waals surface area contributed by atoms with Crippen LogP contribution in [0.5, 0.6) is 0 Å². The summed E-state index contributed by atoms with van der Waals surface area (Å²) in [6.07, 6.45) is 8.76. The van der Waals surface area contributed by atoms with E-state index >= 15 is 0 Å². The van der Waals surface area contributed by atoms with E-state index in [2.05, 4.69) is 21.7 Å². The zero-order valence-corrected chi connectivity index (χ0v) is 14.4. The topological polar surface area (TPSA) is 36.4 Å². The van der Waals surface area contributed by atoms with Crippen LogP contribution in [0.2, 0.25) is 0 Å². The van der Waals surface area contributed by atoms with Gasteiger partial charge in [0.05, 0.1) is 11.0 Å². The summed E-state index contributed by atoms with van der Waals surface area (Å²) in [6, 6.07) is 0.128. The lowest BCUT2D eigenvalue weighted by Crippen LogP contribution is -2.53. The Labute approximate surface area is 137 Å². The molecule has 2 fully saturated rings. The quantitative estimate of drug-likeness (QED) is 0.855. The monoisotopic (exact) mass is 321 g/mol. The molecule has 0 N–H and O–H groups in total. The summed E-state index contributed by atoms with van der Waals surface area (Å²) >= 11 is 1.73. The van der Waals surface area contributed by atoms with Crippen molar-refractivity contribution in [3.63, 3.8) is 0 Å². The van der Waals surface area contributed by atoms with Gasteiger partial charge in [0.25, 0.3) is 0 Å². The first-order valence-corrected chi connectivity index (χ1v) is 9.59. The Hall–Kier alpha value is -0.940. The van der Waals surface area contributed by atoms with Gasteiger partial charge in [-0.15, -0.1) is 11.3 Å². The van der Waals surface area contributed by atoms with Crippen LogP contribution in [0.1, 0.15) is 56.4 Å². The molecule has 2 atom stereocenters. The van der Waals surface area contributed by atoms with Crippen molar-refractivity contribution >= 4 is 17.2 Å². The molecule has 2 aliphatic heterocycles. The molecule has 0 saturated carbocycles. The smallest absolute Gasteiger partial charge is 0.239 e. The summed E-state index contributed by atoms with van der Waals surface area (Å²) < 4.78 is 0. The number of hydrogen-bond acceptors (Lipinski definition) is 4. The van der Waals surface area contributed by atoms with Crippen LogP contribution in [-0.2, 0) is 4.79 Å². The summed E-state index contributed by atoms with van der Waals surface area (Å²) in [5.74, 6) is 0.815. The number of carbonyl (C=O) groups excluding carboxylic acids is 1. The van der Waals surface area contributed by atoms with Crippen molar-refractivity contribution in [2.45, 2.75) is 57.4 Å². The maximum Gasteiger partial charge on any atom is 0.239 e. The van der Waals surface area contributed by atoms with Crippen LogP contribution in [0, 0.1) is 0 Å². The van der Waals surface area contributed by atoms with Gasteiger partial charge >= 0.3 is 0 Å². The van der Waals surface area contributed by atoms with E-state index in [0.717, 1.165) is 45.4 Å². The van der Waals surface area contributed by atoms with E-state index in [0.29, 0.717) is 11.8 Å². The van der Waals surface area contributed by atoms with E-state index in [1.165, 1.54) is 24.3 Å². The van der Waals surface area contributed by atoms with Gasteiger partial charge in [0, 0.05) is 30.6 Å². The highest BCUT2D eigenvalue weighted by Gasteiger charge is 2.34. The molecule has 1 amide bonds. The minimum atomic E-state index is 0.128. The fourth-order valence-electron chi connectivity index (χ4n) is 3.85. The number of thiazole rings is 1. The van der Waals surface area contributed by atoms with E-state index < -0.39 is 0 Å². The first-order valence-electron chi connectivity index (χ1n) is 8.72. The molecule has 3 heterocycles. The van der Waals surface area contributed by atoms with Crippen molar-refractivity contribution in [1.29, 1.82) is 0 Å². The van der Waals surface area contributed by atoms with Gasteiger partial charge in [-0.25, -0.2) is 4.98 Å². The number of nitrogens with zero attached hydrogens (tertiary/aromatic N) is 3. The molecule has 0 spiro atoms. The number of hydrogen-bond donors (Lipinski definition) is 0. The van der Waals surface area contributed by atoms with E-state index in [4.69, 9.17) is 0 Å². The molecule has 122 valence electrons. The number of piperidine rings is 2. The number of likely N-dealkylation sites (tertiary alicyclic amines) is 2. The Balaban J connectivity index is 1.65. The van der Waals surface area contributed by atoms with Gasteiger partial charge in [-0.05, 0) is 45.2 Å². The van der Waals surface area contributed by atoms with Crippen LogP contribution in [0.3, 0.4) is 0 Å². The van der Waals surface area contributed by atoms with Gasteiger partial charge in [-0.1, -0.05) is 13.3 Å². The summed E-state index contributed by atoms with van der Waals surface area (Å²) in [4.78, 5) is 22.0. The molecule has 0 unspecified atom stereocenters. The molecule has 0 aromatic carbocycles. The largest absolute Gasteiger partial charge is 0.341 e. The van der Waals surface area contributed by atoms with Crippen LogP contribution >= 0.6 is 11.3 Å². The summed E-state index contributed by atoms with van der Waals surface area (Å²) in [5.41, 5.74) is 0. The average molecular weight is 321 g/mol. The first-order chi connectivity index (χ1) is 10.8. The van der Waals surface area contributed by atoms with Crippen LogP contribution in [0.4, 0.5) is 0 Å². The van der Waals surface area contributed by atoms with Crippen molar-refractivity contribution in [3.8, 4) is 0 Å². The SMILES string of the molecule is CCCN1CCCC[C@@H]1C(=O)N1CCC[C@H](c2nccs2)C1. The maximum absolute atomic E-state index is 13.0. The highest BCUT2D eigenvalue weighted by molar-refractivity contribution is 7.09. The second kappa shape index (κ2) is 7.55. The number of carbonyl (C=O) groups is 1. The molecule has 4 nitrogen and oxygen atoms in total. The third kappa shape index (κ3) is 3.51. The Morgan fingerprint density at radius 1 is 1.32 bits per heavy atom. The number of rotatable bonds is 4. The van der Waals surface area contributed by atoms with Crippen LogP contribution in [-0.4, -0.2) is 52.9 Å². The Morgan fingerprint density at radius 3 is 3.00 bits per heavy atom. The van der Waals surface area contributed by atoms with Gasteiger partial charge in [-0.2, -0.15) is 0 Å². The predicted molar refractivity (Wildman–Crippen MR) is 90.2 cm³/mol. The molecule has 1 aromatic heterocycles. The van der Waals surface area contributed by atoms with E-state index in [-0.39, 0.29) is 6.04 Å². The first kappa shape index (κ1) is 15.9. The third-order valence-corrected chi connectivity index (χ3v) is 5.88. The molecule has 22 heavy (non-hydrogen) atoms. The lowest BCUT2D eigenvalue weighted by Gasteiger charge is -2.40. The van der Waals surface area contributed by atoms with Gasteiger partial charge in [-0.3, -0.25) is 9.69 Å². The predicted octanol–water partition coefficient (Wildman–Crippen LogP) is 3.11. The third-order valence-electron chi connectivity index (χ3n) is 4.94. The van der Waals surface area contributed by atoms with Gasteiger partial charge in [0.2, 0.25) is 5.91 Å². The molecule has 1 aromatic rings. The molecule has 0 bridgehead atoms. The Bertz CT molecular complexity index is 474. The van der Waals surface area contributed by atoms with Crippen LogP contribution < -0.4 is 0 Å². The molecule has 2 saturated heterocycles. The van der Waals surface area contributed by atoms with E-state index in [1.54, 1.807) is 11.3 Å². The average Bonchev–Trinajstić information content (AvgIpc) is 3.10. The molecule has 5 heteroatoms. The standard InChI is InChI=1S/C17H27N3OS/c1-2-9-19-10-4-3-7-15(19)17(21)20-11-5-6-14(13-20)16-18-8-12-22-16/h8,12,14-15H,2-7,9-11,13H2,1H3/t14-,15+/m0/s1. The van der Waals surface area contributed by atoms with Crippen molar-refractivity contribution in [2.75, 3.05) is 26.2 Å².